The molecule has 1 rings (SSSR count). The van der Waals surface area contributed by atoms with Gasteiger partial charge in [0.2, 0.25) is 0 Å². The Kier molecular flexibility index (Phi) is 2.96. The van der Waals surface area contributed by atoms with Crippen LogP contribution in [-0.2, 0) is 6.54 Å². The summed E-state index contributed by atoms with van der Waals surface area (Å²) >= 11 is 0. The fourth-order valence-corrected chi connectivity index (χ4v) is 0.781. The molecular weight excluding hydrogens is 126 g/mol. The van der Waals surface area contributed by atoms with Crippen LogP contribution in [0.5, 0.6) is 0 Å². The summed E-state index contributed by atoms with van der Waals surface area (Å²) in [4.78, 5) is 6.93. The summed E-state index contributed by atoms with van der Waals surface area (Å²) in [6, 6.07) is 0. The van der Waals surface area contributed by atoms with Gasteiger partial charge in [0.25, 0.3) is 0 Å². The highest BCUT2D eigenvalue weighted by Gasteiger charge is 1.89. The van der Waals surface area contributed by atoms with Gasteiger partial charge in [-0.05, 0) is 13.0 Å². The molecule has 1 heterocycles. The largest absolute Gasteiger partial charge is 0.347 e. The molecule has 0 radical (unpaired) electrons. The number of nitrogens with one attached hydrogen (secondary N) is 2. The molecule has 56 valence electrons. The second-order valence-corrected chi connectivity index (χ2v) is 2.25. The third kappa shape index (κ3) is 2.19. The van der Waals surface area contributed by atoms with Gasteiger partial charge in [0.15, 0.2) is 0 Å². The van der Waals surface area contributed by atoms with Crippen LogP contribution in [0.15, 0.2) is 12.5 Å². The van der Waals surface area contributed by atoms with E-state index < -0.39 is 0 Å². The number of hydrogen-bond donors (Lipinski definition) is 2. The van der Waals surface area contributed by atoms with Gasteiger partial charge in [-0.1, -0.05) is 6.92 Å². The number of aromatic amines is 1. The van der Waals surface area contributed by atoms with Crippen molar-refractivity contribution in [2.75, 3.05) is 6.54 Å². The van der Waals surface area contributed by atoms with E-state index in [1.54, 1.807) is 6.33 Å². The molecule has 0 aliphatic rings. The van der Waals surface area contributed by atoms with E-state index in [9.17, 15) is 0 Å². The van der Waals surface area contributed by atoms with E-state index in [2.05, 4.69) is 22.2 Å². The van der Waals surface area contributed by atoms with Crippen LogP contribution in [0.25, 0.3) is 0 Å². The number of hydrogen-bond acceptors (Lipinski definition) is 2. The second kappa shape index (κ2) is 4.06. The minimum atomic E-state index is 0.897. The second-order valence-electron chi connectivity index (χ2n) is 2.25. The number of aromatic nitrogens is 2. The number of nitrogens with zero attached hydrogens (tertiary/aromatic N) is 1. The Labute approximate surface area is 60.9 Å². The van der Waals surface area contributed by atoms with Crippen LogP contribution < -0.4 is 5.32 Å². The first-order valence-corrected chi connectivity index (χ1v) is 3.61. The molecule has 0 bridgehead atoms. The Balaban J connectivity index is 2.15. The van der Waals surface area contributed by atoms with Crippen molar-refractivity contribution in [1.29, 1.82) is 0 Å². The Morgan fingerprint density at radius 1 is 1.70 bits per heavy atom. The minimum absolute atomic E-state index is 0.897. The van der Waals surface area contributed by atoms with Crippen LogP contribution in [0.3, 0.4) is 0 Å². The van der Waals surface area contributed by atoms with Crippen molar-refractivity contribution < 1.29 is 0 Å². The van der Waals surface area contributed by atoms with Crippen molar-refractivity contribution >= 4 is 0 Å². The normalized spacial score (nSPS) is 10.1. The van der Waals surface area contributed by atoms with E-state index in [-0.39, 0.29) is 0 Å². The topological polar surface area (TPSA) is 40.7 Å². The molecule has 3 heteroatoms. The summed E-state index contributed by atoms with van der Waals surface area (Å²) in [5, 5.41) is 3.27. The predicted molar refractivity (Wildman–Crippen MR) is 40.6 cm³/mol. The van der Waals surface area contributed by atoms with Crippen LogP contribution in [0.4, 0.5) is 0 Å². The van der Waals surface area contributed by atoms with E-state index in [0.717, 1.165) is 18.8 Å². The van der Waals surface area contributed by atoms with Crippen LogP contribution in [0, 0.1) is 0 Å². The fraction of sp³-hybridized carbons (Fsp3) is 0.571. The summed E-state index contributed by atoms with van der Waals surface area (Å²) in [5.41, 5.74) is 1.15. The Hall–Kier alpha value is -0.830. The van der Waals surface area contributed by atoms with E-state index >= 15 is 0 Å². The molecule has 0 spiro atoms. The molecule has 0 saturated carbocycles. The average Bonchev–Trinajstić information content (AvgIpc) is 2.41. The maximum Gasteiger partial charge on any atom is 0.0922 e. The fourth-order valence-electron chi connectivity index (χ4n) is 0.781. The molecule has 0 amide bonds. The highest BCUT2D eigenvalue weighted by atomic mass is 14.9. The van der Waals surface area contributed by atoms with E-state index in [4.69, 9.17) is 0 Å². The third-order valence-corrected chi connectivity index (χ3v) is 1.30. The predicted octanol–water partition coefficient (Wildman–Crippen LogP) is 0.909. The van der Waals surface area contributed by atoms with Gasteiger partial charge in [-0.3, -0.25) is 0 Å². The van der Waals surface area contributed by atoms with Gasteiger partial charge in [-0.15, -0.1) is 0 Å². The highest BCUT2D eigenvalue weighted by Crippen LogP contribution is 1.88. The summed E-state index contributed by atoms with van der Waals surface area (Å²) in [7, 11) is 0. The van der Waals surface area contributed by atoms with Crippen molar-refractivity contribution in [3.8, 4) is 0 Å². The zero-order valence-electron chi connectivity index (χ0n) is 6.22. The zero-order chi connectivity index (χ0) is 7.23. The van der Waals surface area contributed by atoms with Gasteiger partial charge < -0.3 is 10.3 Å². The van der Waals surface area contributed by atoms with Gasteiger partial charge in [0.1, 0.15) is 0 Å². The standard InChI is InChI=1S/C7H13N3/c1-2-3-8-4-7-5-9-6-10-7/h5-6,8H,2-4H2,1H3,(H,9,10). The molecule has 2 N–H and O–H groups in total. The first-order chi connectivity index (χ1) is 4.93. The molecule has 1 aromatic rings. The van der Waals surface area contributed by atoms with Crippen molar-refractivity contribution in [2.24, 2.45) is 0 Å². The molecule has 3 nitrogen and oxygen atoms in total. The molecule has 0 aliphatic carbocycles. The Bertz CT molecular complexity index is 157. The van der Waals surface area contributed by atoms with Gasteiger partial charge in [-0.25, -0.2) is 4.98 Å². The first kappa shape index (κ1) is 7.28. The lowest BCUT2D eigenvalue weighted by molar-refractivity contribution is 0.666. The molecule has 1 aromatic heterocycles. The van der Waals surface area contributed by atoms with Crippen LogP contribution in [0.1, 0.15) is 19.0 Å². The Morgan fingerprint density at radius 3 is 3.20 bits per heavy atom. The number of rotatable bonds is 4. The summed E-state index contributed by atoms with van der Waals surface area (Å²) < 4.78 is 0. The SMILES string of the molecule is CCCNCc1cnc[nH]1. The van der Waals surface area contributed by atoms with Gasteiger partial charge in [-0.2, -0.15) is 0 Å². The molecule has 0 aliphatic heterocycles. The van der Waals surface area contributed by atoms with Gasteiger partial charge in [0.05, 0.1) is 6.33 Å². The van der Waals surface area contributed by atoms with Crippen molar-refractivity contribution in [3.63, 3.8) is 0 Å². The quantitative estimate of drug-likeness (QED) is 0.609. The highest BCUT2D eigenvalue weighted by molar-refractivity contribution is 4.92. The average molecular weight is 139 g/mol. The lowest BCUT2D eigenvalue weighted by Gasteiger charge is -1.97. The molecule has 0 aromatic carbocycles. The van der Waals surface area contributed by atoms with Gasteiger partial charge >= 0.3 is 0 Å². The number of H-pyrrole nitrogens is 1. The van der Waals surface area contributed by atoms with E-state index in [1.165, 1.54) is 6.42 Å². The third-order valence-electron chi connectivity index (χ3n) is 1.30. The molecular formula is C7H13N3. The van der Waals surface area contributed by atoms with Crippen molar-refractivity contribution in [3.05, 3.63) is 18.2 Å². The smallest absolute Gasteiger partial charge is 0.0922 e. The minimum Gasteiger partial charge on any atom is -0.347 e. The van der Waals surface area contributed by atoms with Crippen molar-refractivity contribution in [1.82, 2.24) is 15.3 Å². The van der Waals surface area contributed by atoms with E-state index in [0.29, 0.717) is 0 Å². The molecule has 0 atom stereocenters. The zero-order valence-corrected chi connectivity index (χ0v) is 6.22. The van der Waals surface area contributed by atoms with Crippen LogP contribution in [-0.4, -0.2) is 16.5 Å². The summed E-state index contributed by atoms with van der Waals surface area (Å²) in [5.74, 6) is 0. The monoisotopic (exact) mass is 139 g/mol. The lowest BCUT2D eigenvalue weighted by atomic mass is 10.4. The maximum absolute atomic E-state index is 3.91. The summed E-state index contributed by atoms with van der Waals surface area (Å²) in [6.07, 6.45) is 4.71. The maximum atomic E-state index is 3.91. The van der Waals surface area contributed by atoms with Crippen molar-refractivity contribution in [2.45, 2.75) is 19.9 Å². The van der Waals surface area contributed by atoms with Crippen LogP contribution in [0.2, 0.25) is 0 Å². The summed E-state index contributed by atoms with van der Waals surface area (Å²) in [6.45, 7) is 4.12. The lowest BCUT2D eigenvalue weighted by Crippen LogP contribution is -2.13. The first-order valence-electron chi connectivity index (χ1n) is 3.61. The molecule has 10 heavy (non-hydrogen) atoms. The molecule has 0 unspecified atom stereocenters. The van der Waals surface area contributed by atoms with E-state index in [1.807, 2.05) is 6.20 Å². The molecule has 0 fully saturated rings. The van der Waals surface area contributed by atoms with Gasteiger partial charge in [0, 0.05) is 18.4 Å². The van der Waals surface area contributed by atoms with Crippen LogP contribution >= 0.6 is 0 Å². The molecule has 0 saturated heterocycles. The Morgan fingerprint density at radius 2 is 2.60 bits per heavy atom. The number of imidazole rings is 1.